The minimum atomic E-state index is -0.216. The molecule has 0 bridgehead atoms. The van der Waals surface area contributed by atoms with Gasteiger partial charge in [-0.3, -0.25) is 4.79 Å². The van der Waals surface area contributed by atoms with Gasteiger partial charge in [0.05, 0.1) is 17.8 Å². The molecule has 2 N–H and O–H groups in total. The van der Waals surface area contributed by atoms with Crippen LogP contribution in [0.1, 0.15) is 6.92 Å². The number of nitriles is 1. The van der Waals surface area contributed by atoms with E-state index in [9.17, 15) is 4.79 Å². The van der Waals surface area contributed by atoms with Crippen LogP contribution >= 0.6 is 11.6 Å². The first kappa shape index (κ1) is 13.5. The molecular weight excluding hydrogens is 238 g/mol. The number of para-hydroxylation sites is 1. The fraction of sp³-hybridized carbons (Fsp3) is 0.333. The first-order valence-corrected chi connectivity index (χ1v) is 5.68. The third kappa shape index (κ3) is 4.06. The van der Waals surface area contributed by atoms with Crippen LogP contribution in [0.5, 0.6) is 0 Å². The quantitative estimate of drug-likeness (QED) is 0.829. The lowest BCUT2D eigenvalue weighted by Crippen LogP contribution is -3.13. The van der Waals surface area contributed by atoms with Crippen LogP contribution in [-0.4, -0.2) is 25.5 Å². The van der Waals surface area contributed by atoms with Gasteiger partial charge in [0.15, 0.2) is 12.6 Å². The SMILES string of the molecule is C[C@@H](C#N)[NH+](C)CC(=O)Nc1ccccc1Cl. The molecule has 0 aliphatic rings. The van der Waals surface area contributed by atoms with Crippen molar-refractivity contribution in [3.63, 3.8) is 0 Å². The van der Waals surface area contributed by atoms with Crippen LogP contribution in [0.15, 0.2) is 24.3 Å². The van der Waals surface area contributed by atoms with Gasteiger partial charge < -0.3 is 10.2 Å². The second-order valence-electron chi connectivity index (χ2n) is 3.90. The molecule has 1 unspecified atom stereocenters. The van der Waals surface area contributed by atoms with Crippen LogP contribution in [0.2, 0.25) is 5.02 Å². The first-order valence-electron chi connectivity index (χ1n) is 5.31. The van der Waals surface area contributed by atoms with Gasteiger partial charge in [0.1, 0.15) is 6.07 Å². The molecule has 0 saturated heterocycles. The number of hydrogen-bond donors (Lipinski definition) is 2. The number of carbonyl (C=O) groups is 1. The van der Waals surface area contributed by atoms with E-state index in [2.05, 4.69) is 11.4 Å². The summed E-state index contributed by atoms with van der Waals surface area (Å²) in [6, 6.07) is 8.94. The highest BCUT2D eigenvalue weighted by atomic mass is 35.5. The van der Waals surface area contributed by atoms with Gasteiger partial charge in [-0.05, 0) is 12.1 Å². The van der Waals surface area contributed by atoms with Crippen molar-refractivity contribution in [3.05, 3.63) is 29.3 Å². The number of rotatable bonds is 4. The Hall–Kier alpha value is -1.57. The number of anilines is 1. The van der Waals surface area contributed by atoms with E-state index in [-0.39, 0.29) is 18.5 Å². The van der Waals surface area contributed by atoms with Gasteiger partial charge in [-0.15, -0.1) is 0 Å². The van der Waals surface area contributed by atoms with Gasteiger partial charge in [0.25, 0.3) is 5.91 Å². The minimum absolute atomic E-state index is 0.155. The lowest BCUT2D eigenvalue weighted by atomic mass is 10.3. The van der Waals surface area contributed by atoms with E-state index in [0.717, 1.165) is 4.90 Å². The Labute approximate surface area is 106 Å². The molecule has 0 aromatic heterocycles. The zero-order chi connectivity index (χ0) is 12.8. The lowest BCUT2D eigenvalue weighted by Gasteiger charge is -2.15. The van der Waals surface area contributed by atoms with E-state index in [4.69, 9.17) is 16.9 Å². The summed E-state index contributed by atoms with van der Waals surface area (Å²) >= 11 is 5.92. The summed E-state index contributed by atoms with van der Waals surface area (Å²) in [5.74, 6) is -0.155. The molecule has 90 valence electrons. The Morgan fingerprint density at radius 3 is 2.82 bits per heavy atom. The third-order valence-electron chi connectivity index (χ3n) is 2.52. The maximum Gasteiger partial charge on any atom is 0.279 e. The molecular formula is C12H15ClN3O+. The molecule has 0 fully saturated rings. The van der Waals surface area contributed by atoms with Crippen molar-refractivity contribution in [1.82, 2.24) is 0 Å². The molecule has 2 atom stereocenters. The Morgan fingerprint density at radius 2 is 2.24 bits per heavy atom. The van der Waals surface area contributed by atoms with E-state index in [0.29, 0.717) is 10.7 Å². The summed E-state index contributed by atoms with van der Waals surface area (Å²) in [7, 11) is 1.81. The van der Waals surface area contributed by atoms with Crippen LogP contribution in [0.4, 0.5) is 5.69 Å². The standard InChI is InChI=1S/C12H14ClN3O/c1-9(7-14)16(2)8-12(17)15-11-6-4-3-5-10(11)13/h3-6,9H,8H2,1-2H3,(H,15,17)/p+1/t9-/m0/s1. The number of carbonyl (C=O) groups excluding carboxylic acids is 1. The zero-order valence-corrected chi connectivity index (χ0v) is 10.6. The normalized spacial score (nSPS) is 13.5. The Kier molecular flexibility index (Phi) is 4.95. The Bertz CT molecular complexity index is 442. The third-order valence-corrected chi connectivity index (χ3v) is 2.85. The van der Waals surface area contributed by atoms with Crippen LogP contribution in [-0.2, 0) is 4.79 Å². The van der Waals surface area contributed by atoms with Gasteiger partial charge in [-0.25, -0.2) is 0 Å². The molecule has 0 heterocycles. The number of likely N-dealkylation sites (N-methyl/N-ethyl adjacent to an activating group) is 1. The lowest BCUT2D eigenvalue weighted by molar-refractivity contribution is -0.886. The monoisotopic (exact) mass is 252 g/mol. The molecule has 0 spiro atoms. The number of nitrogens with zero attached hydrogens (tertiary/aromatic N) is 1. The number of quaternary nitrogens is 1. The average Bonchev–Trinajstić information content (AvgIpc) is 2.31. The van der Waals surface area contributed by atoms with Crippen molar-refractivity contribution in [2.45, 2.75) is 13.0 Å². The largest absolute Gasteiger partial charge is 0.320 e. The van der Waals surface area contributed by atoms with E-state index in [1.54, 1.807) is 38.2 Å². The second kappa shape index (κ2) is 6.24. The van der Waals surface area contributed by atoms with Crippen LogP contribution in [0.25, 0.3) is 0 Å². The highest BCUT2D eigenvalue weighted by Crippen LogP contribution is 2.19. The average molecular weight is 253 g/mol. The summed E-state index contributed by atoms with van der Waals surface area (Å²) < 4.78 is 0. The zero-order valence-electron chi connectivity index (χ0n) is 9.83. The molecule has 0 aliphatic carbocycles. The molecule has 17 heavy (non-hydrogen) atoms. The smallest absolute Gasteiger partial charge is 0.279 e. The van der Waals surface area contributed by atoms with Gasteiger partial charge in [-0.2, -0.15) is 5.26 Å². The van der Waals surface area contributed by atoms with Crippen molar-refractivity contribution < 1.29 is 9.69 Å². The molecule has 5 heteroatoms. The molecule has 1 amide bonds. The summed E-state index contributed by atoms with van der Waals surface area (Å²) in [5, 5.41) is 12.0. The predicted octanol–water partition coefficient (Wildman–Crippen LogP) is 0.705. The summed E-state index contributed by atoms with van der Waals surface area (Å²) in [5.41, 5.74) is 0.594. The maximum atomic E-state index is 11.7. The summed E-state index contributed by atoms with van der Waals surface area (Å²) in [4.78, 5) is 12.5. The Morgan fingerprint density at radius 1 is 1.59 bits per heavy atom. The Balaban J connectivity index is 2.57. The van der Waals surface area contributed by atoms with Crippen LogP contribution < -0.4 is 10.2 Å². The predicted molar refractivity (Wildman–Crippen MR) is 66.9 cm³/mol. The fourth-order valence-electron chi connectivity index (χ4n) is 1.27. The number of hydrogen-bond acceptors (Lipinski definition) is 2. The van der Waals surface area contributed by atoms with Gasteiger partial charge >= 0.3 is 0 Å². The van der Waals surface area contributed by atoms with Crippen LogP contribution in [0.3, 0.4) is 0 Å². The van der Waals surface area contributed by atoms with Crippen molar-refractivity contribution in [2.24, 2.45) is 0 Å². The van der Waals surface area contributed by atoms with Gasteiger partial charge in [-0.1, -0.05) is 23.7 Å². The number of halogens is 1. The molecule has 1 aromatic carbocycles. The highest BCUT2D eigenvalue weighted by Gasteiger charge is 2.16. The summed E-state index contributed by atoms with van der Waals surface area (Å²) in [6.07, 6.45) is 0. The first-order chi connectivity index (χ1) is 8.04. The molecule has 1 aromatic rings. The number of benzene rings is 1. The molecule has 0 radical (unpaired) electrons. The van der Waals surface area contributed by atoms with E-state index in [1.807, 2.05) is 0 Å². The summed E-state index contributed by atoms with van der Waals surface area (Å²) in [6.45, 7) is 2.01. The minimum Gasteiger partial charge on any atom is -0.320 e. The molecule has 0 saturated carbocycles. The van der Waals surface area contributed by atoms with Crippen molar-refractivity contribution in [3.8, 4) is 6.07 Å². The van der Waals surface area contributed by atoms with Crippen LogP contribution in [0, 0.1) is 11.3 Å². The molecule has 4 nitrogen and oxygen atoms in total. The topological polar surface area (TPSA) is 57.3 Å². The van der Waals surface area contributed by atoms with Crippen molar-refractivity contribution in [2.75, 3.05) is 18.9 Å². The van der Waals surface area contributed by atoms with E-state index >= 15 is 0 Å². The molecule has 1 rings (SSSR count). The van der Waals surface area contributed by atoms with Gasteiger partial charge in [0, 0.05) is 6.92 Å². The van der Waals surface area contributed by atoms with Gasteiger partial charge in [0.2, 0.25) is 0 Å². The number of nitrogens with one attached hydrogen (secondary N) is 2. The van der Waals surface area contributed by atoms with E-state index in [1.165, 1.54) is 0 Å². The van der Waals surface area contributed by atoms with Crippen molar-refractivity contribution in [1.29, 1.82) is 5.26 Å². The molecule has 0 aliphatic heterocycles. The maximum absolute atomic E-state index is 11.7. The van der Waals surface area contributed by atoms with Crippen molar-refractivity contribution >= 4 is 23.2 Å². The fourth-order valence-corrected chi connectivity index (χ4v) is 1.46. The second-order valence-corrected chi connectivity index (χ2v) is 4.31. The highest BCUT2D eigenvalue weighted by molar-refractivity contribution is 6.33. The number of amides is 1. The van der Waals surface area contributed by atoms with E-state index < -0.39 is 0 Å².